The molecular weight excluding hydrogens is 277 g/mol. The summed E-state index contributed by atoms with van der Waals surface area (Å²) >= 11 is 6.08. The first-order valence-electron chi connectivity index (χ1n) is 7.21. The van der Waals surface area contributed by atoms with Crippen LogP contribution in [-0.2, 0) is 11.2 Å². The summed E-state index contributed by atoms with van der Waals surface area (Å²) in [6.07, 6.45) is 2.84. The van der Waals surface area contributed by atoms with Gasteiger partial charge in [0.1, 0.15) is 5.82 Å². The van der Waals surface area contributed by atoms with E-state index in [0.717, 1.165) is 37.9 Å². The van der Waals surface area contributed by atoms with E-state index < -0.39 is 0 Å². The summed E-state index contributed by atoms with van der Waals surface area (Å²) < 4.78 is 18.6. The van der Waals surface area contributed by atoms with Crippen molar-refractivity contribution in [3.63, 3.8) is 0 Å². The molecule has 0 heterocycles. The van der Waals surface area contributed by atoms with Crippen molar-refractivity contribution >= 4 is 11.6 Å². The van der Waals surface area contributed by atoms with Gasteiger partial charge in [-0.3, -0.25) is 0 Å². The molecule has 1 aromatic rings. The van der Waals surface area contributed by atoms with E-state index in [-0.39, 0.29) is 16.3 Å². The number of halogens is 2. The zero-order valence-electron chi connectivity index (χ0n) is 12.6. The van der Waals surface area contributed by atoms with Gasteiger partial charge in [0, 0.05) is 20.2 Å². The Kier molecular flexibility index (Phi) is 7.49. The van der Waals surface area contributed by atoms with E-state index in [9.17, 15) is 4.39 Å². The minimum atomic E-state index is -0.336. The van der Waals surface area contributed by atoms with Crippen molar-refractivity contribution in [1.82, 2.24) is 5.32 Å². The molecular formula is C16H25ClFNO. The molecule has 0 amide bonds. The number of benzene rings is 1. The normalized spacial score (nSPS) is 11.8. The maximum atomic E-state index is 13.6. The smallest absolute Gasteiger partial charge is 0.142 e. The van der Waals surface area contributed by atoms with E-state index in [4.69, 9.17) is 16.3 Å². The van der Waals surface area contributed by atoms with Gasteiger partial charge in [0.05, 0.1) is 11.6 Å². The van der Waals surface area contributed by atoms with Crippen LogP contribution in [0.2, 0.25) is 5.02 Å². The predicted octanol–water partition coefficient (Wildman–Crippen LogP) is 4.06. The lowest BCUT2D eigenvalue weighted by Gasteiger charge is -2.32. The lowest BCUT2D eigenvalue weighted by atomic mass is 9.77. The van der Waals surface area contributed by atoms with Gasteiger partial charge in [-0.15, -0.1) is 0 Å². The second kappa shape index (κ2) is 8.60. The van der Waals surface area contributed by atoms with Crippen LogP contribution in [-0.4, -0.2) is 26.8 Å². The standard InChI is InChI=1S/C16H25ClFNO/c1-4-16(5-2,12-19-9-10-20-3)11-13-7-6-8-14(18)15(13)17/h6-8,19H,4-5,9-12H2,1-3H3. The highest BCUT2D eigenvalue weighted by atomic mass is 35.5. The molecule has 0 aliphatic carbocycles. The Morgan fingerprint density at radius 1 is 1.30 bits per heavy atom. The highest BCUT2D eigenvalue weighted by molar-refractivity contribution is 6.31. The summed E-state index contributed by atoms with van der Waals surface area (Å²) in [5.74, 6) is -0.336. The van der Waals surface area contributed by atoms with E-state index in [1.54, 1.807) is 13.2 Å². The third-order valence-corrected chi connectivity index (χ3v) is 4.50. The first kappa shape index (κ1) is 17.4. The molecule has 0 atom stereocenters. The largest absolute Gasteiger partial charge is 0.383 e. The maximum absolute atomic E-state index is 13.6. The Morgan fingerprint density at radius 2 is 2.00 bits per heavy atom. The first-order chi connectivity index (χ1) is 9.58. The molecule has 0 aromatic heterocycles. The summed E-state index contributed by atoms with van der Waals surface area (Å²) in [6.45, 7) is 6.76. The Balaban J connectivity index is 2.77. The minimum absolute atomic E-state index is 0.102. The number of rotatable bonds is 9. The van der Waals surface area contributed by atoms with Crippen LogP contribution in [0.5, 0.6) is 0 Å². The van der Waals surface area contributed by atoms with E-state index in [0.29, 0.717) is 6.61 Å². The van der Waals surface area contributed by atoms with Crippen molar-refractivity contribution in [2.24, 2.45) is 5.41 Å². The number of methoxy groups -OCH3 is 1. The predicted molar refractivity (Wildman–Crippen MR) is 82.9 cm³/mol. The molecule has 0 bridgehead atoms. The molecule has 0 aliphatic heterocycles. The molecule has 0 aliphatic rings. The average molecular weight is 302 g/mol. The summed E-state index contributed by atoms with van der Waals surface area (Å²) in [7, 11) is 1.70. The van der Waals surface area contributed by atoms with Gasteiger partial charge in [0.25, 0.3) is 0 Å². The van der Waals surface area contributed by atoms with Crippen LogP contribution < -0.4 is 5.32 Å². The van der Waals surface area contributed by atoms with Gasteiger partial charge >= 0.3 is 0 Å². The van der Waals surface area contributed by atoms with Crippen molar-refractivity contribution in [3.05, 3.63) is 34.6 Å². The van der Waals surface area contributed by atoms with Crippen LogP contribution >= 0.6 is 11.6 Å². The average Bonchev–Trinajstić information content (AvgIpc) is 2.47. The van der Waals surface area contributed by atoms with Crippen molar-refractivity contribution in [3.8, 4) is 0 Å². The van der Waals surface area contributed by atoms with E-state index in [2.05, 4.69) is 19.2 Å². The second-order valence-corrected chi connectivity index (χ2v) is 5.64. The topological polar surface area (TPSA) is 21.3 Å². The van der Waals surface area contributed by atoms with Crippen molar-refractivity contribution in [1.29, 1.82) is 0 Å². The Morgan fingerprint density at radius 3 is 2.60 bits per heavy atom. The third-order valence-electron chi connectivity index (χ3n) is 4.08. The van der Waals surface area contributed by atoms with Crippen LogP contribution in [0.3, 0.4) is 0 Å². The lowest BCUT2D eigenvalue weighted by Crippen LogP contribution is -2.36. The number of hydrogen-bond donors (Lipinski definition) is 1. The molecule has 1 N–H and O–H groups in total. The molecule has 0 fully saturated rings. The number of ether oxygens (including phenoxy) is 1. The monoisotopic (exact) mass is 301 g/mol. The summed E-state index contributed by atoms with van der Waals surface area (Å²) in [6, 6.07) is 5.05. The van der Waals surface area contributed by atoms with Crippen molar-refractivity contribution < 1.29 is 9.13 Å². The van der Waals surface area contributed by atoms with E-state index in [1.807, 2.05) is 6.07 Å². The Hall–Kier alpha value is -0.640. The van der Waals surface area contributed by atoms with Gasteiger partial charge in [0.15, 0.2) is 0 Å². The second-order valence-electron chi connectivity index (χ2n) is 5.27. The van der Waals surface area contributed by atoms with Gasteiger partial charge in [-0.2, -0.15) is 0 Å². The van der Waals surface area contributed by atoms with Crippen molar-refractivity contribution in [2.45, 2.75) is 33.1 Å². The summed E-state index contributed by atoms with van der Waals surface area (Å²) in [5, 5.41) is 3.68. The molecule has 0 spiro atoms. The van der Waals surface area contributed by atoms with Gasteiger partial charge in [-0.05, 0) is 36.3 Å². The van der Waals surface area contributed by atoms with Gasteiger partial charge < -0.3 is 10.1 Å². The maximum Gasteiger partial charge on any atom is 0.142 e. The Labute approximate surface area is 126 Å². The fourth-order valence-electron chi connectivity index (χ4n) is 2.43. The number of hydrogen-bond acceptors (Lipinski definition) is 2. The lowest BCUT2D eigenvalue weighted by molar-refractivity contribution is 0.185. The molecule has 1 rings (SSSR count). The highest BCUT2D eigenvalue weighted by Gasteiger charge is 2.27. The van der Waals surface area contributed by atoms with E-state index >= 15 is 0 Å². The first-order valence-corrected chi connectivity index (χ1v) is 7.59. The molecule has 4 heteroatoms. The van der Waals surface area contributed by atoms with Crippen LogP contribution in [0.1, 0.15) is 32.3 Å². The minimum Gasteiger partial charge on any atom is -0.383 e. The Bertz CT molecular complexity index is 407. The zero-order chi connectivity index (χ0) is 15.0. The quantitative estimate of drug-likeness (QED) is 0.694. The van der Waals surface area contributed by atoms with Gasteiger partial charge in [-0.25, -0.2) is 4.39 Å². The van der Waals surface area contributed by atoms with Gasteiger partial charge in [0.2, 0.25) is 0 Å². The molecule has 0 saturated carbocycles. The van der Waals surface area contributed by atoms with Crippen LogP contribution in [0.25, 0.3) is 0 Å². The highest BCUT2D eigenvalue weighted by Crippen LogP contribution is 2.33. The molecule has 0 saturated heterocycles. The SMILES string of the molecule is CCC(CC)(CNCCOC)Cc1cccc(F)c1Cl. The van der Waals surface area contributed by atoms with E-state index in [1.165, 1.54) is 6.07 Å². The van der Waals surface area contributed by atoms with Crippen LogP contribution in [0.4, 0.5) is 4.39 Å². The summed E-state index contributed by atoms with van der Waals surface area (Å²) in [4.78, 5) is 0. The molecule has 114 valence electrons. The summed E-state index contributed by atoms with van der Waals surface area (Å²) in [5.41, 5.74) is 0.995. The molecule has 0 radical (unpaired) electrons. The fraction of sp³-hybridized carbons (Fsp3) is 0.625. The van der Waals surface area contributed by atoms with Crippen molar-refractivity contribution in [2.75, 3.05) is 26.8 Å². The molecule has 1 aromatic carbocycles. The molecule has 2 nitrogen and oxygen atoms in total. The number of nitrogens with one attached hydrogen (secondary N) is 1. The fourth-order valence-corrected chi connectivity index (χ4v) is 2.62. The molecule has 0 unspecified atom stereocenters. The third kappa shape index (κ3) is 4.72. The van der Waals surface area contributed by atoms with Crippen LogP contribution in [0.15, 0.2) is 18.2 Å². The van der Waals surface area contributed by atoms with Gasteiger partial charge in [-0.1, -0.05) is 37.6 Å². The zero-order valence-corrected chi connectivity index (χ0v) is 13.4. The van der Waals surface area contributed by atoms with Crippen LogP contribution in [0, 0.1) is 11.2 Å². The molecule has 20 heavy (non-hydrogen) atoms.